The highest BCUT2D eigenvalue weighted by molar-refractivity contribution is 9.09. The van der Waals surface area contributed by atoms with Gasteiger partial charge in [0.25, 0.3) is 0 Å². The molecule has 0 atom stereocenters. The van der Waals surface area contributed by atoms with Crippen LogP contribution in [0.1, 0.15) is 31.7 Å². The molecule has 4 rings (SSSR count). The van der Waals surface area contributed by atoms with Crippen molar-refractivity contribution in [2.24, 2.45) is 0 Å². The second-order valence-corrected chi connectivity index (χ2v) is 10.4. The molecule has 0 radical (unpaired) electrons. The van der Waals surface area contributed by atoms with Crippen LogP contribution in [0.2, 0.25) is 15.1 Å². The maximum Gasteiger partial charge on any atom is 0.329 e. The molecule has 3 aromatic rings. The highest BCUT2D eigenvalue weighted by Gasteiger charge is 2.41. The molecule has 1 aromatic heterocycles. The molecule has 1 amide bonds. The lowest BCUT2D eigenvalue weighted by atomic mass is 10.1. The summed E-state index contributed by atoms with van der Waals surface area (Å²) in [5.74, 6) is 0.365. The van der Waals surface area contributed by atoms with Crippen molar-refractivity contribution in [2.45, 2.75) is 30.5 Å². The van der Waals surface area contributed by atoms with Crippen molar-refractivity contribution >= 4 is 56.8 Å². The zero-order chi connectivity index (χ0) is 23.8. The quantitative estimate of drug-likeness (QED) is 0.273. The molecule has 0 saturated heterocycles. The van der Waals surface area contributed by atoms with Gasteiger partial charge in [-0.25, -0.2) is 9.78 Å². The Morgan fingerprint density at radius 3 is 2.36 bits per heavy atom. The number of aromatic nitrogens is 2. The van der Waals surface area contributed by atoms with E-state index in [1.807, 2.05) is 6.92 Å². The number of amides is 1. The summed E-state index contributed by atoms with van der Waals surface area (Å²) in [7, 11) is 0. The maximum absolute atomic E-state index is 12.3. The zero-order valence-electron chi connectivity index (χ0n) is 18.2. The normalized spacial score (nSPS) is 13.6. The van der Waals surface area contributed by atoms with Crippen molar-refractivity contribution in [3.8, 4) is 5.75 Å². The van der Waals surface area contributed by atoms with E-state index in [4.69, 9.17) is 39.5 Å². The first kappa shape index (κ1) is 25.9. The SMILES string of the molecule is BrC1(c2ccccc2)CC1.CCCN(CCOc1c(Cl)cc(Cl)cc1Cl)C(=O)n1ccnc1. The van der Waals surface area contributed by atoms with Crippen LogP contribution in [0.5, 0.6) is 5.75 Å². The van der Waals surface area contributed by atoms with Crippen LogP contribution in [-0.4, -0.2) is 40.2 Å². The van der Waals surface area contributed by atoms with Gasteiger partial charge in [-0.1, -0.05) is 88.0 Å². The number of benzene rings is 2. The molecule has 0 bridgehead atoms. The van der Waals surface area contributed by atoms with E-state index in [0.29, 0.717) is 38.2 Å². The third-order valence-electron chi connectivity index (χ3n) is 5.04. The molecule has 0 spiro atoms. The molecule has 33 heavy (non-hydrogen) atoms. The summed E-state index contributed by atoms with van der Waals surface area (Å²) in [6.07, 6.45) is 8.06. The highest BCUT2D eigenvalue weighted by atomic mass is 79.9. The second kappa shape index (κ2) is 12.1. The molecule has 2 aromatic carbocycles. The van der Waals surface area contributed by atoms with Gasteiger partial charge in [-0.3, -0.25) is 4.57 Å². The van der Waals surface area contributed by atoms with Gasteiger partial charge in [0.05, 0.1) is 20.9 Å². The molecule has 9 heteroatoms. The van der Waals surface area contributed by atoms with E-state index in [9.17, 15) is 4.79 Å². The van der Waals surface area contributed by atoms with Gasteiger partial charge in [-0.15, -0.1) is 0 Å². The van der Waals surface area contributed by atoms with Crippen LogP contribution < -0.4 is 4.74 Å². The largest absolute Gasteiger partial charge is 0.489 e. The van der Waals surface area contributed by atoms with Crippen LogP contribution >= 0.6 is 50.7 Å². The fourth-order valence-corrected chi connectivity index (χ4v) is 4.56. The first-order valence-electron chi connectivity index (χ1n) is 10.6. The number of carbonyl (C=O) groups excluding carboxylic acids is 1. The number of nitrogens with zero attached hydrogens (tertiary/aromatic N) is 3. The van der Waals surface area contributed by atoms with Crippen LogP contribution in [0, 0.1) is 0 Å². The molecule has 176 valence electrons. The summed E-state index contributed by atoms with van der Waals surface area (Å²) >= 11 is 21.7. The molecule has 1 heterocycles. The summed E-state index contributed by atoms with van der Waals surface area (Å²) < 4.78 is 7.41. The van der Waals surface area contributed by atoms with E-state index < -0.39 is 0 Å². The van der Waals surface area contributed by atoms with E-state index in [-0.39, 0.29) is 12.6 Å². The van der Waals surface area contributed by atoms with Crippen molar-refractivity contribution in [1.82, 2.24) is 14.5 Å². The van der Waals surface area contributed by atoms with Gasteiger partial charge in [-0.2, -0.15) is 0 Å². The summed E-state index contributed by atoms with van der Waals surface area (Å²) in [5.41, 5.74) is 1.43. The Labute approximate surface area is 217 Å². The van der Waals surface area contributed by atoms with Gasteiger partial charge in [0, 0.05) is 24.0 Å². The van der Waals surface area contributed by atoms with E-state index in [1.54, 1.807) is 29.4 Å². The Balaban J connectivity index is 0.000000252. The number of hydrogen-bond donors (Lipinski definition) is 0. The average Bonchev–Trinajstić information content (AvgIpc) is 3.32. The highest BCUT2D eigenvalue weighted by Crippen LogP contribution is 2.53. The van der Waals surface area contributed by atoms with Gasteiger partial charge in [-0.05, 0) is 37.0 Å². The zero-order valence-corrected chi connectivity index (χ0v) is 22.0. The molecular weight excluding hydrogens is 549 g/mol. The standard InChI is InChI=1S/C15H16Cl3N3O2.C9H9Br/c1-2-4-20(15(22)21-5-3-19-10-21)6-7-23-14-12(17)8-11(16)9-13(14)18;10-9(6-7-9)8-4-2-1-3-5-8/h3,5,8-10H,2,4,6-7H2,1H3;1-5H,6-7H2. The second-order valence-electron chi connectivity index (χ2n) is 7.62. The lowest BCUT2D eigenvalue weighted by Gasteiger charge is -2.22. The molecule has 0 unspecified atom stereocenters. The summed E-state index contributed by atoms with van der Waals surface area (Å²) in [5, 5.41) is 1.12. The number of hydrogen-bond acceptors (Lipinski definition) is 3. The Morgan fingerprint density at radius 2 is 1.82 bits per heavy atom. The molecule has 1 fully saturated rings. The Kier molecular flexibility index (Phi) is 9.50. The minimum atomic E-state index is -0.152. The number of imidazole rings is 1. The number of halogens is 4. The van der Waals surface area contributed by atoms with E-state index in [2.05, 4.69) is 51.2 Å². The maximum atomic E-state index is 12.3. The lowest BCUT2D eigenvalue weighted by molar-refractivity contribution is 0.184. The van der Waals surface area contributed by atoms with Crippen molar-refractivity contribution in [2.75, 3.05) is 19.7 Å². The van der Waals surface area contributed by atoms with Crippen LogP contribution in [0.15, 0.2) is 61.2 Å². The molecule has 1 aliphatic carbocycles. The monoisotopic (exact) mass is 571 g/mol. The first-order valence-corrected chi connectivity index (χ1v) is 12.6. The van der Waals surface area contributed by atoms with Gasteiger partial charge < -0.3 is 9.64 Å². The Hall–Kier alpha value is -1.73. The molecule has 0 aliphatic heterocycles. The third kappa shape index (κ3) is 7.38. The molecule has 1 aliphatic rings. The Bertz CT molecular complexity index is 1020. The Morgan fingerprint density at radius 1 is 1.15 bits per heavy atom. The van der Waals surface area contributed by atoms with E-state index >= 15 is 0 Å². The van der Waals surface area contributed by atoms with Crippen molar-refractivity contribution < 1.29 is 9.53 Å². The number of carbonyl (C=O) groups is 1. The van der Waals surface area contributed by atoms with Crippen molar-refractivity contribution in [3.05, 3.63) is 81.8 Å². The van der Waals surface area contributed by atoms with Crippen molar-refractivity contribution in [3.63, 3.8) is 0 Å². The summed E-state index contributed by atoms with van der Waals surface area (Å²) in [6, 6.07) is 13.6. The van der Waals surface area contributed by atoms with Crippen LogP contribution in [0.4, 0.5) is 4.79 Å². The van der Waals surface area contributed by atoms with E-state index in [1.165, 1.54) is 29.3 Å². The van der Waals surface area contributed by atoms with Crippen LogP contribution in [0.25, 0.3) is 0 Å². The van der Waals surface area contributed by atoms with Crippen molar-refractivity contribution in [1.29, 1.82) is 0 Å². The fourth-order valence-electron chi connectivity index (χ4n) is 3.17. The number of rotatable bonds is 7. The van der Waals surface area contributed by atoms with Gasteiger partial charge >= 0.3 is 6.03 Å². The van der Waals surface area contributed by atoms with E-state index in [0.717, 1.165) is 6.42 Å². The first-order chi connectivity index (χ1) is 15.8. The number of ether oxygens (including phenoxy) is 1. The average molecular weight is 574 g/mol. The topological polar surface area (TPSA) is 47.4 Å². The smallest absolute Gasteiger partial charge is 0.329 e. The number of alkyl halides is 1. The fraction of sp³-hybridized carbons (Fsp3) is 0.333. The van der Waals surface area contributed by atoms with Gasteiger partial charge in [0.2, 0.25) is 0 Å². The lowest BCUT2D eigenvalue weighted by Crippen LogP contribution is -2.37. The molecule has 0 N–H and O–H groups in total. The molecule has 1 saturated carbocycles. The van der Waals surface area contributed by atoms with Crippen LogP contribution in [-0.2, 0) is 4.32 Å². The summed E-state index contributed by atoms with van der Waals surface area (Å²) in [6.45, 7) is 3.28. The van der Waals surface area contributed by atoms with Gasteiger partial charge in [0.1, 0.15) is 12.9 Å². The van der Waals surface area contributed by atoms with Gasteiger partial charge in [0.15, 0.2) is 5.75 Å². The molecular formula is C24H25BrCl3N3O2. The molecule has 5 nitrogen and oxygen atoms in total. The predicted molar refractivity (Wildman–Crippen MR) is 138 cm³/mol. The predicted octanol–water partition coefficient (Wildman–Crippen LogP) is 7.67. The summed E-state index contributed by atoms with van der Waals surface area (Å²) in [4.78, 5) is 17.9. The minimum Gasteiger partial charge on any atom is -0.489 e. The minimum absolute atomic E-state index is 0.152. The third-order valence-corrected chi connectivity index (χ3v) is 7.07. The van der Waals surface area contributed by atoms with Crippen LogP contribution in [0.3, 0.4) is 0 Å².